The molecule has 1 atom stereocenters. The lowest BCUT2D eigenvalue weighted by Crippen LogP contribution is -2.46. The predicted molar refractivity (Wildman–Crippen MR) is 144 cm³/mol. The lowest BCUT2D eigenvalue weighted by Gasteiger charge is -2.31. The van der Waals surface area contributed by atoms with Crippen molar-refractivity contribution in [1.29, 1.82) is 0 Å². The zero-order valence-electron chi connectivity index (χ0n) is 21.3. The van der Waals surface area contributed by atoms with E-state index in [0.29, 0.717) is 41.5 Å². The van der Waals surface area contributed by atoms with Gasteiger partial charge in [0.15, 0.2) is 0 Å². The molecular weight excluding hydrogens is 482 g/mol. The molecule has 0 spiro atoms. The van der Waals surface area contributed by atoms with Crippen molar-refractivity contribution in [3.63, 3.8) is 0 Å². The Morgan fingerprint density at radius 3 is 2.32 bits per heavy atom. The SMILES string of the molecule is COc1ccc(/C(O)=C2\C(=O)C(=O)N(CCN3CCNCC3)[C@@H]2c2cccc(Oc3ccccc3)c2)cc1. The van der Waals surface area contributed by atoms with Crippen LogP contribution in [-0.4, -0.2) is 73.0 Å². The second kappa shape index (κ2) is 11.5. The number of methoxy groups -OCH3 is 1. The fourth-order valence-corrected chi connectivity index (χ4v) is 4.92. The van der Waals surface area contributed by atoms with E-state index in [1.807, 2.05) is 54.6 Å². The van der Waals surface area contributed by atoms with E-state index in [9.17, 15) is 14.7 Å². The summed E-state index contributed by atoms with van der Waals surface area (Å²) in [5.41, 5.74) is 1.19. The minimum absolute atomic E-state index is 0.0670. The maximum Gasteiger partial charge on any atom is 0.295 e. The number of benzene rings is 3. The molecule has 8 heteroatoms. The summed E-state index contributed by atoms with van der Waals surface area (Å²) < 4.78 is 11.3. The third kappa shape index (κ3) is 5.41. The number of piperazine rings is 1. The van der Waals surface area contributed by atoms with Crippen LogP contribution < -0.4 is 14.8 Å². The van der Waals surface area contributed by atoms with Crippen molar-refractivity contribution < 1.29 is 24.2 Å². The van der Waals surface area contributed by atoms with Crippen LogP contribution in [0.15, 0.2) is 84.4 Å². The van der Waals surface area contributed by atoms with Gasteiger partial charge in [-0.1, -0.05) is 30.3 Å². The highest BCUT2D eigenvalue weighted by atomic mass is 16.5. The first-order valence-corrected chi connectivity index (χ1v) is 12.7. The molecule has 0 bridgehead atoms. The average molecular weight is 514 g/mol. The van der Waals surface area contributed by atoms with Crippen LogP contribution in [0.3, 0.4) is 0 Å². The molecule has 2 N–H and O–H groups in total. The Labute approximate surface area is 222 Å². The smallest absolute Gasteiger partial charge is 0.295 e. The second-order valence-electron chi connectivity index (χ2n) is 9.30. The topological polar surface area (TPSA) is 91.3 Å². The van der Waals surface area contributed by atoms with Gasteiger partial charge in [0.1, 0.15) is 23.0 Å². The van der Waals surface area contributed by atoms with E-state index in [1.165, 1.54) is 0 Å². The Kier molecular flexibility index (Phi) is 7.72. The Balaban J connectivity index is 1.53. The third-order valence-electron chi connectivity index (χ3n) is 6.92. The molecule has 3 aromatic rings. The predicted octanol–water partition coefficient (Wildman–Crippen LogP) is 3.81. The number of hydrogen-bond donors (Lipinski definition) is 2. The van der Waals surface area contributed by atoms with E-state index in [-0.39, 0.29) is 11.3 Å². The fourth-order valence-electron chi connectivity index (χ4n) is 4.92. The first-order chi connectivity index (χ1) is 18.5. The minimum Gasteiger partial charge on any atom is -0.507 e. The highest BCUT2D eigenvalue weighted by Crippen LogP contribution is 2.40. The largest absolute Gasteiger partial charge is 0.507 e. The number of ether oxygens (including phenoxy) is 2. The molecule has 8 nitrogen and oxygen atoms in total. The van der Waals surface area contributed by atoms with Gasteiger partial charge in [-0.25, -0.2) is 0 Å². The number of carbonyl (C=O) groups is 2. The van der Waals surface area contributed by atoms with Crippen molar-refractivity contribution >= 4 is 17.4 Å². The van der Waals surface area contributed by atoms with Gasteiger partial charge in [-0.15, -0.1) is 0 Å². The number of nitrogens with one attached hydrogen (secondary N) is 1. The summed E-state index contributed by atoms with van der Waals surface area (Å²) in [6.07, 6.45) is 0. The average Bonchev–Trinajstić information content (AvgIpc) is 3.22. The van der Waals surface area contributed by atoms with E-state index in [0.717, 1.165) is 26.2 Å². The van der Waals surface area contributed by atoms with E-state index < -0.39 is 17.7 Å². The molecule has 0 saturated carbocycles. The first-order valence-electron chi connectivity index (χ1n) is 12.7. The molecule has 196 valence electrons. The maximum atomic E-state index is 13.4. The van der Waals surface area contributed by atoms with Crippen LogP contribution in [0.5, 0.6) is 17.2 Å². The molecule has 2 fully saturated rings. The molecule has 2 heterocycles. The quantitative estimate of drug-likeness (QED) is 0.269. The van der Waals surface area contributed by atoms with Crippen LogP contribution in [0.2, 0.25) is 0 Å². The van der Waals surface area contributed by atoms with E-state index in [2.05, 4.69) is 10.2 Å². The molecule has 3 aromatic carbocycles. The number of para-hydroxylation sites is 1. The highest BCUT2D eigenvalue weighted by Gasteiger charge is 2.46. The molecule has 38 heavy (non-hydrogen) atoms. The Morgan fingerprint density at radius 1 is 0.895 bits per heavy atom. The van der Waals surface area contributed by atoms with Gasteiger partial charge in [0.2, 0.25) is 0 Å². The molecular formula is C30H31N3O5. The number of aliphatic hydroxyl groups excluding tert-OH is 1. The van der Waals surface area contributed by atoms with Gasteiger partial charge >= 0.3 is 0 Å². The summed E-state index contributed by atoms with van der Waals surface area (Å²) in [7, 11) is 1.56. The zero-order valence-corrected chi connectivity index (χ0v) is 21.3. The summed E-state index contributed by atoms with van der Waals surface area (Å²) in [5, 5.41) is 14.7. The first kappa shape index (κ1) is 25.5. The highest BCUT2D eigenvalue weighted by molar-refractivity contribution is 6.46. The molecule has 2 saturated heterocycles. The van der Waals surface area contributed by atoms with Crippen molar-refractivity contribution in [3.05, 3.63) is 95.6 Å². The number of rotatable bonds is 8. The third-order valence-corrected chi connectivity index (χ3v) is 6.92. The summed E-state index contributed by atoms with van der Waals surface area (Å²) in [6.45, 7) is 4.52. The molecule has 2 aliphatic heterocycles. The molecule has 0 aromatic heterocycles. The van der Waals surface area contributed by atoms with Crippen molar-refractivity contribution in [2.75, 3.05) is 46.4 Å². The van der Waals surface area contributed by atoms with Crippen LogP contribution in [0.4, 0.5) is 0 Å². The number of Topliss-reactive ketones (excluding diaryl/α,β-unsaturated/α-hetero) is 1. The molecule has 0 aliphatic carbocycles. The molecule has 2 aliphatic rings. The number of carbonyl (C=O) groups excluding carboxylic acids is 2. The van der Waals surface area contributed by atoms with Crippen LogP contribution in [0.25, 0.3) is 5.76 Å². The minimum atomic E-state index is -0.751. The van der Waals surface area contributed by atoms with E-state index in [1.54, 1.807) is 36.3 Å². The maximum absolute atomic E-state index is 13.4. The molecule has 5 rings (SSSR count). The van der Waals surface area contributed by atoms with Crippen LogP contribution >= 0.6 is 0 Å². The molecule has 0 unspecified atom stereocenters. The van der Waals surface area contributed by atoms with Gasteiger partial charge in [-0.05, 0) is 54.1 Å². The summed E-state index contributed by atoms with van der Waals surface area (Å²) in [4.78, 5) is 30.5. The van der Waals surface area contributed by atoms with Crippen molar-refractivity contribution in [3.8, 4) is 17.2 Å². The van der Waals surface area contributed by atoms with Gasteiger partial charge < -0.3 is 24.8 Å². The van der Waals surface area contributed by atoms with Gasteiger partial charge in [0.05, 0.1) is 18.7 Å². The van der Waals surface area contributed by atoms with Crippen molar-refractivity contribution in [1.82, 2.24) is 15.1 Å². The Bertz CT molecular complexity index is 1320. The molecule has 1 amide bonds. The van der Waals surface area contributed by atoms with Crippen molar-refractivity contribution in [2.45, 2.75) is 6.04 Å². The Hall–Kier alpha value is -4.14. The summed E-state index contributed by atoms with van der Waals surface area (Å²) in [6, 6.07) is 22.7. The van der Waals surface area contributed by atoms with Crippen molar-refractivity contribution in [2.24, 2.45) is 0 Å². The molecule has 0 radical (unpaired) electrons. The van der Waals surface area contributed by atoms with E-state index >= 15 is 0 Å². The normalized spacial score (nSPS) is 19.5. The van der Waals surface area contributed by atoms with E-state index in [4.69, 9.17) is 9.47 Å². The monoisotopic (exact) mass is 513 g/mol. The lowest BCUT2D eigenvalue weighted by atomic mass is 9.95. The lowest BCUT2D eigenvalue weighted by molar-refractivity contribution is -0.140. The van der Waals surface area contributed by atoms with Gasteiger partial charge in [-0.3, -0.25) is 14.5 Å². The second-order valence-corrected chi connectivity index (χ2v) is 9.30. The van der Waals surface area contributed by atoms with Crippen LogP contribution in [0, 0.1) is 0 Å². The summed E-state index contributed by atoms with van der Waals surface area (Å²) >= 11 is 0. The summed E-state index contributed by atoms with van der Waals surface area (Å²) in [5.74, 6) is 0.351. The van der Waals surface area contributed by atoms with Gasteiger partial charge in [0, 0.05) is 44.8 Å². The van der Waals surface area contributed by atoms with Gasteiger partial charge in [-0.2, -0.15) is 0 Å². The number of amides is 1. The fraction of sp³-hybridized carbons (Fsp3) is 0.267. The zero-order chi connectivity index (χ0) is 26.5. The number of ketones is 1. The number of nitrogens with zero attached hydrogens (tertiary/aromatic N) is 2. The Morgan fingerprint density at radius 2 is 1.61 bits per heavy atom. The standard InChI is InChI=1S/C30H31N3O5/c1-37-23-12-10-21(11-13-23)28(34)26-27(22-6-5-9-25(20-22)38-24-7-3-2-4-8-24)33(30(36)29(26)35)19-18-32-16-14-31-15-17-32/h2-13,20,27,31,34H,14-19H2,1H3/b28-26+/t27-/m1/s1. The number of hydrogen-bond acceptors (Lipinski definition) is 7. The number of likely N-dealkylation sites (tertiary alicyclic amines) is 1. The van der Waals surface area contributed by atoms with Gasteiger partial charge in [0.25, 0.3) is 11.7 Å². The van der Waals surface area contributed by atoms with Crippen LogP contribution in [-0.2, 0) is 9.59 Å². The number of aliphatic hydroxyl groups is 1. The van der Waals surface area contributed by atoms with Crippen LogP contribution in [0.1, 0.15) is 17.2 Å².